The van der Waals surface area contributed by atoms with Gasteiger partial charge in [0.15, 0.2) is 0 Å². The average Bonchev–Trinajstić information content (AvgIpc) is 3.20. The molecule has 0 heterocycles. The number of halogens is 2. The van der Waals surface area contributed by atoms with E-state index in [0.29, 0.717) is 5.69 Å². The molecule has 1 N–H and O–H groups in total. The molecule has 19 heavy (non-hydrogen) atoms. The van der Waals surface area contributed by atoms with Crippen LogP contribution in [0.15, 0.2) is 24.3 Å². The van der Waals surface area contributed by atoms with Crippen LogP contribution in [0.4, 0.5) is 14.5 Å². The number of rotatable bonds is 6. The van der Waals surface area contributed by atoms with E-state index in [9.17, 15) is 13.6 Å². The van der Waals surface area contributed by atoms with Gasteiger partial charge < -0.3 is 14.8 Å². The van der Waals surface area contributed by atoms with Crippen molar-refractivity contribution in [1.29, 1.82) is 0 Å². The predicted molar refractivity (Wildman–Crippen MR) is 65.2 cm³/mol. The molecular weight excluding hydrogens is 256 g/mol. The number of benzene rings is 1. The number of nitrogens with one attached hydrogen (secondary N) is 1. The number of hydrogen-bond donors (Lipinski definition) is 1. The summed E-state index contributed by atoms with van der Waals surface area (Å²) < 4.78 is 33.7. The monoisotopic (exact) mass is 271 g/mol. The topological polar surface area (TPSA) is 47.6 Å². The van der Waals surface area contributed by atoms with Crippen molar-refractivity contribution >= 4 is 11.7 Å². The fraction of sp³-hybridized carbons (Fsp3) is 0.462. The number of carbonyl (C=O) groups is 1. The van der Waals surface area contributed by atoms with Crippen LogP contribution in [0.1, 0.15) is 12.8 Å². The Morgan fingerprint density at radius 2 is 2.05 bits per heavy atom. The number of anilines is 1. The second-order valence-electron chi connectivity index (χ2n) is 4.36. The smallest absolute Gasteiger partial charge is 0.387 e. The van der Waals surface area contributed by atoms with Crippen LogP contribution in [-0.2, 0) is 9.53 Å². The Hall–Kier alpha value is -1.85. The molecule has 0 aromatic heterocycles. The van der Waals surface area contributed by atoms with Crippen LogP contribution < -0.4 is 10.1 Å². The minimum Gasteiger partial charge on any atom is -0.467 e. The first-order valence-electron chi connectivity index (χ1n) is 6.00. The Morgan fingerprint density at radius 3 is 2.63 bits per heavy atom. The zero-order chi connectivity index (χ0) is 13.8. The quantitative estimate of drug-likeness (QED) is 0.808. The van der Waals surface area contributed by atoms with E-state index in [1.165, 1.54) is 13.2 Å². The zero-order valence-electron chi connectivity index (χ0n) is 10.4. The van der Waals surface area contributed by atoms with E-state index in [1.807, 2.05) is 0 Å². The summed E-state index contributed by atoms with van der Waals surface area (Å²) in [7, 11) is 1.31. The molecule has 0 amide bonds. The van der Waals surface area contributed by atoms with Crippen molar-refractivity contribution < 1.29 is 23.0 Å². The number of carbonyl (C=O) groups excluding carboxylic acids is 1. The van der Waals surface area contributed by atoms with E-state index in [0.717, 1.165) is 12.8 Å². The Labute approximate surface area is 109 Å². The molecule has 104 valence electrons. The lowest BCUT2D eigenvalue weighted by Crippen LogP contribution is -2.32. The maximum atomic E-state index is 12.3. The maximum absolute atomic E-state index is 12.3. The van der Waals surface area contributed by atoms with Crippen molar-refractivity contribution in [3.63, 3.8) is 0 Å². The summed E-state index contributed by atoms with van der Waals surface area (Å²) in [6.45, 7) is -2.90. The Morgan fingerprint density at radius 1 is 1.37 bits per heavy atom. The largest absolute Gasteiger partial charge is 0.467 e. The predicted octanol–water partition coefficient (Wildman–Crippen LogP) is 2.65. The third-order valence-corrected chi connectivity index (χ3v) is 2.96. The summed E-state index contributed by atoms with van der Waals surface area (Å²) in [5.41, 5.74) is 0.366. The SMILES string of the molecule is COC(=O)C(Nc1ccccc1OC(F)F)C1CC1. The zero-order valence-corrected chi connectivity index (χ0v) is 10.4. The van der Waals surface area contributed by atoms with Gasteiger partial charge in [-0.25, -0.2) is 4.79 Å². The molecule has 0 saturated heterocycles. The molecular formula is C13H15F2NO3. The van der Waals surface area contributed by atoms with Gasteiger partial charge in [-0.15, -0.1) is 0 Å². The van der Waals surface area contributed by atoms with Crippen molar-refractivity contribution in [3.8, 4) is 5.75 Å². The highest BCUT2D eigenvalue weighted by Gasteiger charge is 2.37. The molecule has 1 aliphatic rings. The summed E-state index contributed by atoms with van der Waals surface area (Å²) in [5, 5.41) is 2.93. The van der Waals surface area contributed by atoms with Crippen molar-refractivity contribution in [2.45, 2.75) is 25.5 Å². The van der Waals surface area contributed by atoms with Crippen LogP contribution in [0.25, 0.3) is 0 Å². The summed E-state index contributed by atoms with van der Waals surface area (Å²) >= 11 is 0. The van der Waals surface area contributed by atoms with Gasteiger partial charge in [0, 0.05) is 0 Å². The number of methoxy groups -OCH3 is 1. The van der Waals surface area contributed by atoms with Crippen LogP contribution in [-0.4, -0.2) is 25.7 Å². The molecule has 0 aliphatic heterocycles. The number of ether oxygens (including phenoxy) is 2. The Bertz CT molecular complexity index is 449. The lowest BCUT2D eigenvalue weighted by atomic mass is 10.1. The molecule has 1 aromatic carbocycles. The lowest BCUT2D eigenvalue weighted by Gasteiger charge is -2.19. The van der Waals surface area contributed by atoms with Crippen molar-refractivity contribution in [2.24, 2.45) is 5.92 Å². The molecule has 0 radical (unpaired) electrons. The first kappa shape index (κ1) is 13.6. The van der Waals surface area contributed by atoms with Gasteiger partial charge in [0.05, 0.1) is 12.8 Å². The Kier molecular flexibility index (Phi) is 4.19. The van der Waals surface area contributed by atoms with Gasteiger partial charge in [0.1, 0.15) is 11.8 Å². The van der Waals surface area contributed by atoms with Crippen molar-refractivity contribution in [1.82, 2.24) is 0 Å². The van der Waals surface area contributed by atoms with Gasteiger partial charge in [0.25, 0.3) is 0 Å². The van der Waals surface area contributed by atoms with Gasteiger partial charge in [-0.05, 0) is 30.9 Å². The standard InChI is InChI=1S/C13H15F2NO3/c1-18-12(17)11(8-6-7-8)16-9-4-2-3-5-10(9)19-13(14)15/h2-5,8,11,13,16H,6-7H2,1H3. The van der Waals surface area contributed by atoms with Crippen LogP contribution in [0.2, 0.25) is 0 Å². The number of esters is 1. The normalized spacial score (nSPS) is 16.0. The van der Waals surface area contributed by atoms with Gasteiger partial charge in [0.2, 0.25) is 0 Å². The molecule has 1 aliphatic carbocycles. The van der Waals surface area contributed by atoms with E-state index in [4.69, 9.17) is 4.74 Å². The molecule has 1 atom stereocenters. The minimum atomic E-state index is -2.90. The van der Waals surface area contributed by atoms with E-state index in [-0.39, 0.29) is 11.7 Å². The molecule has 1 unspecified atom stereocenters. The number of alkyl halides is 2. The van der Waals surface area contributed by atoms with Crippen molar-refractivity contribution in [3.05, 3.63) is 24.3 Å². The highest BCUT2D eigenvalue weighted by Crippen LogP contribution is 2.36. The van der Waals surface area contributed by atoms with Crippen LogP contribution in [0.5, 0.6) is 5.75 Å². The molecule has 6 heteroatoms. The summed E-state index contributed by atoms with van der Waals surface area (Å²) in [4.78, 5) is 11.7. The van der Waals surface area contributed by atoms with Gasteiger partial charge >= 0.3 is 12.6 Å². The van der Waals surface area contributed by atoms with E-state index >= 15 is 0 Å². The van der Waals surface area contributed by atoms with Crippen molar-refractivity contribution in [2.75, 3.05) is 12.4 Å². The third kappa shape index (κ3) is 3.56. The molecule has 1 aromatic rings. The molecule has 1 saturated carbocycles. The molecule has 4 nitrogen and oxygen atoms in total. The molecule has 0 bridgehead atoms. The first-order chi connectivity index (χ1) is 9.11. The highest BCUT2D eigenvalue weighted by atomic mass is 19.3. The molecule has 2 rings (SSSR count). The van der Waals surface area contributed by atoms with Crippen LogP contribution in [0.3, 0.4) is 0 Å². The van der Waals surface area contributed by atoms with Crippen LogP contribution >= 0.6 is 0 Å². The summed E-state index contributed by atoms with van der Waals surface area (Å²) in [6, 6.07) is 5.77. The first-order valence-corrected chi connectivity index (χ1v) is 6.00. The summed E-state index contributed by atoms with van der Waals surface area (Å²) in [6.07, 6.45) is 1.84. The maximum Gasteiger partial charge on any atom is 0.387 e. The third-order valence-electron chi connectivity index (χ3n) is 2.96. The molecule has 0 spiro atoms. The fourth-order valence-corrected chi connectivity index (χ4v) is 1.88. The van der Waals surface area contributed by atoms with E-state index < -0.39 is 18.6 Å². The van der Waals surface area contributed by atoms with E-state index in [1.54, 1.807) is 18.2 Å². The van der Waals surface area contributed by atoms with Gasteiger partial charge in [-0.1, -0.05) is 12.1 Å². The van der Waals surface area contributed by atoms with Gasteiger partial charge in [-0.3, -0.25) is 0 Å². The minimum absolute atomic E-state index is 0.0204. The second-order valence-corrected chi connectivity index (χ2v) is 4.36. The highest BCUT2D eigenvalue weighted by molar-refractivity contribution is 5.80. The fourth-order valence-electron chi connectivity index (χ4n) is 1.88. The Balaban J connectivity index is 2.14. The number of para-hydroxylation sites is 2. The summed E-state index contributed by atoms with van der Waals surface area (Å²) in [5.74, 6) is -0.187. The second kappa shape index (κ2) is 5.86. The lowest BCUT2D eigenvalue weighted by molar-refractivity contribution is -0.142. The van der Waals surface area contributed by atoms with Gasteiger partial charge in [-0.2, -0.15) is 8.78 Å². The molecule has 1 fully saturated rings. The average molecular weight is 271 g/mol. The van der Waals surface area contributed by atoms with E-state index in [2.05, 4.69) is 10.1 Å². The van der Waals surface area contributed by atoms with Crippen LogP contribution in [0, 0.1) is 5.92 Å². The number of hydrogen-bond acceptors (Lipinski definition) is 4.